The summed E-state index contributed by atoms with van der Waals surface area (Å²) in [5.74, 6) is -0.586. The van der Waals surface area contributed by atoms with Gasteiger partial charge < -0.3 is 14.6 Å². The van der Waals surface area contributed by atoms with Crippen molar-refractivity contribution in [2.45, 2.75) is 341 Å². The molecule has 1 atom stereocenters. The highest BCUT2D eigenvalue weighted by Crippen LogP contribution is 2.17. The Kier molecular flexibility index (Phi) is 62.3. The Bertz CT molecular complexity index is 1310. The molecular weight excluding hydrogens is 909 g/mol. The average molecular weight is 1030 g/mol. The van der Waals surface area contributed by atoms with E-state index in [1.54, 1.807) is 0 Å². The predicted octanol–water partition coefficient (Wildman–Crippen LogP) is 22.3. The van der Waals surface area contributed by atoms with Crippen molar-refractivity contribution in [2.24, 2.45) is 0 Å². The minimum absolute atomic E-state index is 0.0687. The van der Waals surface area contributed by atoms with Gasteiger partial charge in [0.15, 0.2) is 6.10 Å². The fourth-order valence-electron chi connectivity index (χ4n) is 9.57. The highest BCUT2D eigenvalue weighted by atomic mass is 16.6. The van der Waals surface area contributed by atoms with E-state index in [-0.39, 0.29) is 25.2 Å². The summed E-state index contributed by atoms with van der Waals surface area (Å²) < 4.78 is 10.7. The van der Waals surface area contributed by atoms with Gasteiger partial charge >= 0.3 is 11.9 Å². The first-order chi connectivity index (χ1) is 36.6. The number of carbonyl (C=O) groups is 2. The normalized spacial score (nSPS) is 12.6. The maximum Gasteiger partial charge on any atom is 0.306 e. The molecule has 0 saturated carbocycles. The van der Waals surface area contributed by atoms with Crippen LogP contribution in [0.25, 0.3) is 0 Å². The predicted molar refractivity (Wildman–Crippen MR) is 325 cm³/mol. The van der Waals surface area contributed by atoms with E-state index in [2.05, 4.69) is 86.8 Å². The molecule has 74 heavy (non-hydrogen) atoms. The molecule has 5 heteroatoms. The van der Waals surface area contributed by atoms with Gasteiger partial charge in [0.25, 0.3) is 0 Å². The van der Waals surface area contributed by atoms with Crippen molar-refractivity contribution >= 4 is 11.9 Å². The Morgan fingerprint density at radius 2 is 0.541 bits per heavy atom. The molecule has 0 aliphatic rings. The highest BCUT2D eigenvalue weighted by molar-refractivity contribution is 5.70. The summed E-state index contributed by atoms with van der Waals surface area (Å²) in [5.41, 5.74) is 0. The summed E-state index contributed by atoms with van der Waals surface area (Å²) in [4.78, 5) is 24.6. The van der Waals surface area contributed by atoms with E-state index in [0.29, 0.717) is 12.8 Å². The van der Waals surface area contributed by atoms with E-state index < -0.39 is 6.10 Å². The lowest BCUT2D eigenvalue weighted by Crippen LogP contribution is -2.28. The minimum Gasteiger partial charge on any atom is -0.462 e. The molecule has 0 bridgehead atoms. The topological polar surface area (TPSA) is 72.8 Å². The molecule has 430 valence electrons. The van der Waals surface area contributed by atoms with Crippen LogP contribution in [-0.2, 0) is 19.1 Å². The molecule has 5 nitrogen and oxygen atoms in total. The number of aliphatic hydroxyl groups is 1. The van der Waals surface area contributed by atoms with Crippen LogP contribution in [0.15, 0.2) is 72.9 Å². The minimum atomic E-state index is -0.777. The summed E-state index contributed by atoms with van der Waals surface area (Å²) in [5, 5.41) is 9.68. The maximum atomic E-state index is 12.3. The molecule has 0 rings (SSSR count). The summed E-state index contributed by atoms with van der Waals surface area (Å²) in [6.45, 7) is 4.14. The smallest absolute Gasteiger partial charge is 0.306 e. The van der Waals surface area contributed by atoms with E-state index in [1.807, 2.05) is 0 Å². The molecule has 1 N–H and O–H groups in total. The number of unbranched alkanes of at least 4 members (excludes halogenated alkanes) is 40. The van der Waals surface area contributed by atoms with Crippen molar-refractivity contribution in [2.75, 3.05) is 13.2 Å². The van der Waals surface area contributed by atoms with Crippen LogP contribution in [0.2, 0.25) is 0 Å². The van der Waals surface area contributed by atoms with Gasteiger partial charge in [0.2, 0.25) is 0 Å². The van der Waals surface area contributed by atoms with E-state index in [1.165, 1.54) is 244 Å². The zero-order chi connectivity index (χ0) is 53.4. The van der Waals surface area contributed by atoms with Crippen molar-refractivity contribution in [1.82, 2.24) is 0 Å². The Hall–Kier alpha value is -2.66. The fourth-order valence-corrected chi connectivity index (χ4v) is 9.57. The molecule has 0 spiro atoms. The summed E-state index contributed by atoms with van der Waals surface area (Å²) in [6.07, 6.45) is 89.1. The van der Waals surface area contributed by atoms with Crippen LogP contribution in [-0.4, -0.2) is 36.4 Å². The largest absolute Gasteiger partial charge is 0.462 e. The third kappa shape index (κ3) is 61.9. The Balaban J connectivity index is 3.44. The van der Waals surface area contributed by atoms with Crippen molar-refractivity contribution in [3.63, 3.8) is 0 Å². The molecule has 0 aromatic carbocycles. The number of hydrogen-bond acceptors (Lipinski definition) is 5. The standard InChI is InChI=1S/C69H124O5/c1-3-5-7-9-11-13-15-17-19-21-23-25-27-28-29-30-31-32-33-34-35-36-37-38-39-40-42-44-46-48-50-52-54-56-58-60-62-64-69(72)74-67(65-70)66-73-68(71)63-61-59-57-55-53-51-49-47-45-43-41-26-24-22-20-18-16-14-12-10-8-6-4-2/h15-18,21-24,27-28,41,43,67,70H,3-14,19-20,25-26,29-40,42,44-66H2,1-2H3/b17-15-,18-16-,23-21-,24-22-,28-27-,43-41-. The number of hydrogen-bond donors (Lipinski definition) is 1. The molecule has 0 aliphatic carbocycles. The Labute approximate surface area is 461 Å². The number of carbonyl (C=O) groups excluding carboxylic acids is 2. The monoisotopic (exact) mass is 1030 g/mol. The summed E-state index contributed by atoms with van der Waals surface area (Å²) in [6, 6.07) is 0. The summed E-state index contributed by atoms with van der Waals surface area (Å²) >= 11 is 0. The molecule has 0 aromatic rings. The van der Waals surface area contributed by atoms with Gasteiger partial charge in [-0.25, -0.2) is 0 Å². The average Bonchev–Trinajstić information content (AvgIpc) is 3.40. The van der Waals surface area contributed by atoms with Crippen LogP contribution in [0.5, 0.6) is 0 Å². The van der Waals surface area contributed by atoms with E-state index >= 15 is 0 Å². The maximum absolute atomic E-state index is 12.3. The number of ether oxygens (including phenoxy) is 2. The zero-order valence-electron chi connectivity index (χ0n) is 49.4. The van der Waals surface area contributed by atoms with Crippen molar-refractivity contribution < 1.29 is 24.2 Å². The van der Waals surface area contributed by atoms with E-state index in [0.717, 1.165) is 64.2 Å². The molecule has 0 amide bonds. The lowest BCUT2D eigenvalue weighted by molar-refractivity contribution is -0.161. The second-order valence-corrected chi connectivity index (χ2v) is 21.8. The third-order valence-electron chi connectivity index (χ3n) is 14.5. The van der Waals surface area contributed by atoms with Gasteiger partial charge in [0.05, 0.1) is 6.61 Å². The van der Waals surface area contributed by atoms with Crippen LogP contribution in [0, 0.1) is 0 Å². The lowest BCUT2D eigenvalue weighted by Gasteiger charge is -2.15. The number of aliphatic hydroxyl groups excluding tert-OH is 1. The SMILES string of the molecule is CCCCCCC/C=C\C/C=C\C/C=C\CCCCCCCCCCCCCCCCCCCCCCCCC(=O)OC(CO)COC(=O)CCCCCCCCCC/C=C\C/C=C\C/C=C\CCCCCCC. The fraction of sp³-hybridized carbons (Fsp3) is 0.797. The van der Waals surface area contributed by atoms with Crippen LogP contribution >= 0.6 is 0 Å². The van der Waals surface area contributed by atoms with Crippen LogP contribution in [0.1, 0.15) is 335 Å². The van der Waals surface area contributed by atoms with Crippen molar-refractivity contribution in [1.29, 1.82) is 0 Å². The lowest BCUT2D eigenvalue weighted by atomic mass is 10.0. The number of rotatable bonds is 60. The number of allylic oxidation sites excluding steroid dienone is 12. The van der Waals surface area contributed by atoms with Gasteiger partial charge in [-0.3, -0.25) is 9.59 Å². The Morgan fingerprint density at radius 3 is 0.811 bits per heavy atom. The molecule has 0 heterocycles. The first-order valence-electron chi connectivity index (χ1n) is 32.5. The second-order valence-electron chi connectivity index (χ2n) is 21.8. The van der Waals surface area contributed by atoms with Gasteiger partial charge in [-0.1, -0.05) is 305 Å². The molecule has 0 fully saturated rings. The highest BCUT2D eigenvalue weighted by Gasteiger charge is 2.16. The zero-order valence-corrected chi connectivity index (χ0v) is 49.4. The van der Waals surface area contributed by atoms with E-state index in [9.17, 15) is 14.7 Å². The van der Waals surface area contributed by atoms with E-state index in [4.69, 9.17) is 9.47 Å². The molecule has 0 radical (unpaired) electrons. The number of esters is 2. The second kappa shape index (κ2) is 64.6. The van der Waals surface area contributed by atoms with Crippen molar-refractivity contribution in [3.8, 4) is 0 Å². The van der Waals surface area contributed by atoms with Gasteiger partial charge in [-0.15, -0.1) is 0 Å². The van der Waals surface area contributed by atoms with Crippen LogP contribution < -0.4 is 0 Å². The van der Waals surface area contributed by atoms with Crippen LogP contribution in [0.4, 0.5) is 0 Å². The molecule has 0 aliphatic heterocycles. The molecular formula is C69H124O5. The van der Waals surface area contributed by atoms with Gasteiger partial charge in [-0.05, 0) is 89.9 Å². The first kappa shape index (κ1) is 71.3. The molecule has 0 saturated heterocycles. The molecule has 0 aromatic heterocycles. The van der Waals surface area contributed by atoms with Crippen molar-refractivity contribution in [3.05, 3.63) is 72.9 Å². The first-order valence-corrected chi connectivity index (χ1v) is 32.5. The van der Waals surface area contributed by atoms with Gasteiger partial charge in [0.1, 0.15) is 6.61 Å². The quantitative estimate of drug-likeness (QED) is 0.0373. The van der Waals surface area contributed by atoms with Gasteiger partial charge in [-0.2, -0.15) is 0 Å². The Morgan fingerprint density at radius 1 is 0.311 bits per heavy atom. The third-order valence-corrected chi connectivity index (χ3v) is 14.5. The van der Waals surface area contributed by atoms with Crippen LogP contribution in [0.3, 0.4) is 0 Å². The molecule has 1 unspecified atom stereocenters. The van der Waals surface area contributed by atoms with Gasteiger partial charge in [0, 0.05) is 12.8 Å². The summed E-state index contributed by atoms with van der Waals surface area (Å²) in [7, 11) is 0.